The molecule has 0 aliphatic rings. The fraction of sp³-hybridized carbons (Fsp3) is 0.222. The topological polar surface area (TPSA) is 87.5 Å². The molecule has 1 N–H and O–H groups in total. The Morgan fingerprint density at radius 2 is 1.69 bits per heavy atom. The van der Waals surface area contributed by atoms with Gasteiger partial charge in [-0.2, -0.15) is 0 Å². The summed E-state index contributed by atoms with van der Waals surface area (Å²) in [5.74, 6) is 2.60. The molecule has 0 saturated heterocycles. The third-order valence-corrected chi connectivity index (χ3v) is 6.48. The standard InChI is InChI=1S/C27H28N4O4S/c1-33-16-15-28-26(32)24-10-5-4-7-20(24)18-36-27-30-29-25(19-8-6-9-23(17-19)35-3)31(27)21-11-13-22(34-2)14-12-21/h4-14,17H,15-16,18H2,1-3H3,(H,28,32). The van der Waals surface area contributed by atoms with Crippen LogP contribution in [0.2, 0.25) is 0 Å². The number of ether oxygens (including phenoxy) is 3. The fourth-order valence-electron chi connectivity index (χ4n) is 3.65. The zero-order chi connectivity index (χ0) is 25.3. The normalized spacial score (nSPS) is 10.8. The van der Waals surface area contributed by atoms with Crippen LogP contribution in [0, 0.1) is 0 Å². The molecule has 36 heavy (non-hydrogen) atoms. The molecule has 0 unspecified atom stereocenters. The van der Waals surface area contributed by atoms with Gasteiger partial charge < -0.3 is 19.5 Å². The predicted octanol–water partition coefficient (Wildman–Crippen LogP) is 4.62. The fourth-order valence-corrected chi connectivity index (χ4v) is 4.60. The van der Waals surface area contributed by atoms with Crippen molar-refractivity contribution in [3.05, 3.63) is 83.9 Å². The molecule has 9 heteroatoms. The van der Waals surface area contributed by atoms with E-state index in [4.69, 9.17) is 14.2 Å². The van der Waals surface area contributed by atoms with Crippen LogP contribution in [0.15, 0.2) is 78.0 Å². The van der Waals surface area contributed by atoms with Crippen molar-refractivity contribution in [1.82, 2.24) is 20.1 Å². The van der Waals surface area contributed by atoms with E-state index in [0.29, 0.717) is 35.4 Å². The van der Waals surface area contributed by atoms with Gasteiger partial charge in [0.15, 0.2) is 11.0 Å². The molecule has 0 spiro atoms. The molecule has 0 aliphatic carbocycles. The number of nitrogens with one attached hydrogen (secondary N) is 1. The lowest BCUT2D eigenvalue weighted by Crippen LogP contribution is -2.27. The number of carbonyl (C=O) groups is 1. The van der Waals surface area contributed by atoms with Gasteiger partial charge in [-0.25, -0.2) is 0 Å². The van der Waals surface area contributed by atoms with Gasteiger partial charge in [-0.1, -0.05) is 42.1 Å². The Labute approximate surface area is 214 Å². The predicted molar refractivity (Wildman–Crippen MR) is 140 cm³/mol. The lowest BCUT2D eigenvalue weighted by Gasteiger charge is -2.13. The van der Waals surface area contributed by atoms with E-state index < -0.39 is 0 Å². The summed E-state index contributed by atoms with van der Waals surface area (Å²) in [5.41, 5.74) is 3.31. The molecule has 0 fully saturated rings. The molecule has 1 amide bonds. The summed E-state index contributed by atoms with van der Waals surface area (Å²) in [6.07, 6.45) is 0. The van der Waals surface area contributed by atoms with E-state index in [9.17, 15) is 4.79 Å². The van der Waals surface area contributed by atoms with Crippen molar-refractivity contribution >= 4 is 17.7 Å². The van der Waals surface area contributed by atoms with Crippen LogP contribution in [0.4, 0.5) is 0 Å². The average molecular weight is 505 g/mol. The minimum Gasteiger partial charge on any atom is -0.497 e. The van der Waals surface area contributed by atoms with Gasteiger partial charge in [0.2, 0.25) is 0 Å². The molecule has 0 aliphatic heterocycles. The van der Waals surface area contributed by atoms with Gasteiger partial charge in [-0.05, 0) is 48.0 Å². The maximum absolute atomic E-state index is 12.7. The van der Waals surface area contributed by atoms with E-state index >= 15 is 0 Å². The molecule has 0 radical (unpaired) electrons. The van der Waals surface area contributed by atoms with Crippen LogP contribution in [0.3, 0.4) is 0 Å². The van der Waals surface area contributed by atoms with E-state index in [-0.39, 0.29) is 5.91 Å². The van der Waals surface area contributed by atoms with Crippen molar-refractivity contribution in [1.29, 1.82) is 0 Å². The van der Waals surface area contributed by atoms with Gasteiger partial charge in [0.05, 0.1) is 20.8 Å². The van der Waals surface area contributed by atoms with Crippen molar-refractivity contribution in [3.63, 3.8) is 0 Å². The van der Waals surface area contributed by atoms with Crippen molar-refractivity contribution in [2.24, 2.45) is 0 Å². The molecular formula is C27H28N4O4S. The zero-order valence-electron chi connectivity index (χ0n) is 20.4. The zero-order valence-corrected chi connectivity index (χ0v) is 21.2. The van der Waals surface area contributed by atoms with Gasteiger partial charge in [0.25, 0.3) is 5.91 Å². The number of amides is 1. The summed E-state index contributed by atoms with van der Waals surface area (Å²) in [5, 5.41) is 12.6. The van der Waals surface area contributed by atoms with E-state index in [1.807, 2.05) is 77.4 Å². The van der Waals surface area contributed by atoms with E-state index in [1.165, 1.54) is 11.8 Å². The maximum atomic E-state index is 12.7. The second-order valence-corrected chi connectivity index (χ2v) is 8.71. The Kier molecular flexibility index (Phi) is 8.59. The molecule has 4 rings (SSSR count). The van der Waals surface area contributed by atoms with Gasteiger partial charge in [-0.15, -0.1) is 10.2 Å². The Hall–Kier alpha value is -3.82. The first-order valence-corrected chi connectivity index (χ1v) is 12.3. The maximum Gasteiger partial charge on any atom is 0.251 e. The van der Waals surface area contributed by atoms with Crippen LogP contribution in [-0.4, -0.2) is 55.2 Å². The number of thioether (sulfide) groups is 1. The third-order valence-electron chi connectivity index (χ3n) is 5.50. The second kappa shape index (κ2) is 12.2. The van der Waals surface area contributed by atoms with Gasteiger partial charge in [0.1, 0.15) is 11.5 Å². The van der Waals surface area contributed by atoms with Crippen LogP contribution in [0.1, 0.15) is 15.9 Å². The highest BCUT2D eigenvalue weighted by Gasteiger charge is 2.18. The summed E-state index contributed by atoms with van der Waals surface area (Å²) in [6.45, 7) is 0.910. The van der Waals surface area contributed by atoms with Crippen molar-refractivity contribution < 1.29 is 19.0 Å². The number of carbonyl (C=O) groups excluding carboxylic acids is 1. The highest BCUT2D eigenvalue weighted by Crippen LogP contribution is 2.32. The van der Waals surface area contributed by atoms with E-state index in [1.54, 1.807) is 21.3 Å². The molecule has 1 aromatic heterocycles. The summed E-state index contributed by atoms with van der Waals surface area (Å²) < 4.78 is 17.8. The van der Waals surface area contributed by atoms with Crippen LogP contribution < -0.4 is 14.8 Å². The van der Waals surface area contributed by atoms with Gasteiger partial charge in [0, 0.05) is 36.2 Å². The van der Waals surface area contributed by atoms with Crippen molar-refractivity contribution in [2.75, 3.05) is 34.5 Å². The van der Waals surface area contributed by atoms with Gasteiger partial charge >= 0.3 is 0 Å². The molecule has 8 nitrogen and oxygen atoms in total. The molecule has 0 bridgehead atoms. The number of aromatic nitrogens is 3. The molecule has 1 heterocycles. The molecule has 3 aromatic carbocycles. The van der Waals surface area contributed by atoms with Crippen LogP contribution in [0.25, 0.3) is 17.1 Å². The number of benzene rings is 3. The molecule has 0 saturated carbocycles. The Bertz CT molecular complexity index is 1310. The lowest BCUT2D eigenvalue weighted by atomic mass is 10.1. The highest BCUT2D eigenvalue weighted by atomic mass is 32.2. The quantitative estimate of drug-likeness (QED) is 0.236. The first-order chi connectivity index (χ1) is 17.6. The molecular weight excluding hydrogens is 476 g/mol. The van der Waals surface area contributed by atoms with Crippen molar-refractivity contribution in [3.8, 4) is 28.6 Å². The number of hydrogen-bond acceptors (Lipinski definition) is 7. The summed E-state index contributed by atoms with van der Waals surface area (Å²) in [7, 11) is 4.88. The number of methoxy groups -OCH3 is 3. The van der Waals surface area contributed by atoms with Crippen LogP contribution in [0.5, 0.6) is 11.5 Å². The monoisotopic (exact) mass is 504 g/mol. The summed E-state index contributed by atoms with van der Waals surface area (Å²) >= 11 is 1.51. The van der Waals surface area contributed by atoms with Crippen LogP contribution in [-0.2, 0) is 10.5 Å². The Morgan fingerprint density at radius 3 is 2.44 bits per heavy atom. The summed E-state index contributed by atoms with van der Waals surface area (Å²) in [6, 6.07) is 23.0. The smallest absolute Gasteiger partial charge is 0.251 e. The first-order valence-electron chi connectivity index (χ1n) is 11.4. The highest BCUT2D eigenvalue weighted by molar-refractivity contribution is 7.98. The Balaban J connectivity index is 1.66. The number of rotatable bonds is 11. The minimum absolute atomic E-state index is 0.128. The third kappa shape index (κ3) is 5.87. The average Bonchev–Trinajstić information content (AvgIpc) is 3.36. The number of hydrogen-bond donors (Lipinski definition) is 1. The number of nitrogens with zero attached hydrogens (tertiary/aromatic N) is 3. The lowest BCUT2D eigenvalue weighted by molar-refractivity contribution is 0.0936. The van der Waals surface area contributed by atoms with Crippen LogP contribution >= 0.6 is 11.8 Å². The van der Waals surface area contributed by atoms with E-state index in [0.717, 1.165) is 28.3 Å². The van der Waals surface area contributed by atoms with Crippen molar-refractivity contribution in [2.45, 2.75) is 10.9 Å². The SMILES string of the molecule is COCCNC(=O)c1ccccc1CSc1nnc(-c2cccc(OC)c2)n1-c1ccc(OC)cc1. The Morgan fingerprint density at radius 1 is 0.917 bits per heavy atom. The van der Waals surface area contributed by atoms with E-state index in [2.05, 4.69) is 15.5 Å². The minimum atomic E-state index is -0.128. The van der Waals surface area contributed by atoms with Gasteiger partial charge in [-0.3, -0.25) is 9.36 Å². The second-order valence-electron chi connectivity index (χ2n) is 7.77. The molecule has 186 valence electrons. The largest absolute Gasteiger partial charge is 0.497 e. The molecule has 4 aromatic rings. The first kappa shape index (κ1) is 25.3. The molecule has 0 atom stereocenters. The summed E-state index contributed by atoms with van der Waals surface area (Å²) in [4.78, 5) is 12.7.